The number of rotatable bonds is 1. The predicted molar refractivity (Wildman–Crippen MR) is 54.0 cm³/mol. The first kappa shape index (κ1) is 8.60. The van der Waals surface area contributed by atoms with Gasteiger partial charge in [-0.15, -0.1) is 0 Å². The zero-order valence-corrected chi connectivity index (χ0v) is 7.84. The highest BCUT2D eigenvalue weighted by Gasteiger charge is 2.12. The summed E-state index contributed by atoms with van der Waals surface area (Å²) in [7, 11) is 0. The number of hydrogen-bond acceptors (Lipinski definition) is 2. The lowest BCUT2D eigenvalue weighted by Gasteiger charge is -2.17. The van der Waals surface area contributed by atoms with Crippen molar-refractivity contribution in [1.29, 1.82) is 0 Å². The lowest BCUT2D eigenvalue weighted by atomic mass is 10.1. The third-order valence-electron chi connectivity index (χ3n) is 2.02. The van der Waals surface area contributed by atoms with Gasteiger partial charge >= 0.3 is 0 Å². The molecule has 13 heavy (non-hydrogen) atoms. The van der Waals surface area contributed by atoms with E-state index in [1.807, 2.05) is 24.3 Å². The van der Waals surface area contributed by atoms with Crippen molar-refractivity contribution in [3.05, 3.63) is 34.4 Å². The van der Waals surface area contributed by atoms with Gasteiger partial charge in [0.1, 0.15) is 12.4 Å². The summed E-state index contributed by atoms with van der Waals surface area (Å²) in [5.41, 5.74) is 7.62. The van der Waals surface area contributed by atoms with E-state index < -0.39 is 0 Å². The third kappa shape index (κ3) is 1.55. The predicted octanol–water partition coefficient (Wildman–Crippen LogP) is 2.07. The summed E-state index contributed by atoms with van der Waals surface area (Å²) in [6.07, 6.45) is 2.03. The highest BCUT2D eigenvalue weighted by Crippen LogP contribution is 2.32. The van der Waals surface area contributed by atoms with Gasteiger partial charge in [-0.3, -0.25) is 0 Å². The van der Waals surface area contributed by atoms with Crippen LogP contribution >= 0.6 is 11.6 Å². The standard InChI is InChI=1S/C10H10ClNO/c11-9-3-1-2-8-4-7(5-12)6-13-10(8)9/h1-4H,5-6,12H2. The lowest BCUT2D eigenvalue weighted by molar-refractivity contribution is 0.346. The summed E-state index contributed by atoms with van der Waals surface area (Å²) >= 11 is 5.95. The van der Waals surface area contributed by atoms with E-state index in [0.717, 1.165) is 16.9 Å². The molecule has 0 aliphatic carbocycles. The molecule has 2 rings (SSSR count). The van der Waals surface area contributed by atoms with Gasteiger partial charge in [-0.1, -0.05) is 23.7 Å². The van der Waals surface area contributed by atoms with Crippen LogP contribution in [0.2, 0.25) is 5.02 Å². The maximum Gasteiger partial charge on any atom is 0.145 e. The Balaban J connectivity index is 2.47. The zero-order chi connectivity index (χ0) is 9.26. The Morgan fingerprint density at radius 1 is 1.46 bits per heavy atom. The van der Waals surface area contributed by atoms with Gasteiger partial charge < -0.3 is 10.5 Å². The third-order valence-corrected chi connectivity index (χ3v) is 2.32. The summed E-state index contributed by atoms with van der Waals surface area (Å²) in [4.78, 5) is 0. The molecule has 1 aliphatic rings. The first-order chi connectivity index (χ1) is 6.31. The minimum atomic E-state index is 0.534. The second-order valence-corrected chi connectivity index (χ2v) is 3.36. The number of hydrogen-bond donors (Lipinski definition) is 1. The SMILES string of the molecule is NCC1=Cc2cccc(Cl)c2OC1. The quantitative estimate of drug-likeness (QED) is 0.745. The molecule has 0 amide bonds. The van der Waals surface area contributed by atoms with Gasteiger partial charge in [-0.2, -0.15) is 0 Å². The van der Waals surface area contributed by atoms with Gasteiger partial charge in [-0.05, 0) is 17.7 Å². The summed E-state index contributed by atoms with van der Waals surface area (Å²) in [5, 5.41) is 0.657. The van der Waals surface area contributed by atoms with Crippen LogP contribution in [0.1, 0.15) is 5.56 Å². The molecule has 2 nitrogen and oxygen atoms in total. The van der Waals surface area contributed by atoms with Gasteiger partial charge in [0.25, 0.3) is 0 Å². The van der Waals surface area contributed by atoms with Crippen molar-refractivity contribution >= 4 is 17.7 Å². The fourth-order valence-corrected chi connectivity index (χ4v) is 1.57. The van der Waals surface area contributed by atoms with Crippen LogP contribution in [0.3, 0.4) is 0 Å². The average molecular weight is 196 g/mol. The summed E-state index contributed by atoms with van der Waals surface area (Å²) in [6, 6.07) is 5.69. The molecule has 2 N–H and O–H groups in total. The molecule has 1 aliphatic heterocycles. The number of halogens is 1. The minimum absolute atomic E-state index is 0.534. The van der Waals surface area contributed by atoms with Crippen LogP contribution in [-0.4, -0.2) is 13.2 Å². The van der Waals surface area contributed by atoms with Crippen molar-refractivity contribution in [1.82, 2.24) is 0 Å². The summed E-state index contributed by atoms with van der Waals surface area (Å²) in [5.74, 6) is 0.765. The van der Waals surface area contributed by atoms with Crippen LogP contribution in [0, 0.1) is 0 Å². The van der Waals surface area contributed by atoms with Crippen molar-refractivity contribution in [2.75, 3.05) is 13.2 Å². The fraction of sp³-hybridized carbons (Fsp3) is 0.200. The topological polar surface area (TPSA) is 35.2 Å². The second kappa shape index (κ2) is 3.40. The van der Waals surface area contributed by atoms with Crippen LogP contribution in [-0.2, 0) is 0 Å². The molecule has 1 aromatic rings. The van der Waals surface area contributed by atoms with Crippen molar-refractivity contribution in [2.24, 2.45) is 5.73 Å². The van der Waals surface area contributed by atoms with Crippen LogP contribution in [0.4, 0.5) is 0 Å². The largest absolute Gasteiger partial charge is 0.487 e. The van der Waals surface area contributed by atoms with E-state index in [2.05, 4.69) is 0 Å². The Kier molecular flexibility index (Phi) is 2.25. The minimum Gasteiger partial charge on any atom is -0.487 e. The molecular formula is C10H10ClNO. The van der Waals surface area contributed by atoms with Gasteiger partial charge in [-0.25, -0.2) is 0 Å². The number of benzene rings is 1. The highest BCUT2D eigenvalue weighted by molar-refractivity contribution is 6.32. The lowest BCUT2D eigenvalue weighted by Crippen LogP contribution is -2.14. The molecule has 0 saturated heterocycles. The van der Waals surface area contributed by atoms with E-state index in [4.69, 9.17) is 22.1 Å². The molecule has 0 bridgehead atoms. The summed E-state index contributed by atoms with van der Waals surface area (Å²) in [6.45, 7) is 1.08. The van der Waals surface area contributed by atoms with Gasteiger partial charge in [0, 0.05) is 12.1 Å². The van der Waals surface area contributed by atoms with Crippen molar-refractivity contribution in [2.45, 2.75) is 0 Å². The maximum absolute atomic E-state index is 5.95. The Morgan fingerprint density at radius 3 is 3.08 bits per heavy atom. The maximum atomic E-state index is 5.95. The molecule has 0 atom stereocenters. The molecule has 0 radical (unpaired) electrons. The van der Waals surface area contributed by atoms with Crippen molar-refractivity contribution < 1.29 is 4.74 Å². The van der Waals surface area contributed by atoms with Gasteiger partial charge in [0.15, 0.2) is 0 Å². The van der Waals surface area contributed by atoms with Crippen LogP contribution in [0.25, 0.3) is 6.08 Å². The molecule has 0 aromatic heterocycles. The molecule has 3 heteroatoms. The van der Waals surface area contributed by atoms with E-state index >= 15 is 0 Å². The van der Waals surface area contributed by atoms with Gasteiger partial charge in [0.05, 0.1) is 5.02 Å². The van der Waals surface area contributed by atoms with Crippen LogP contribution in [0.15, 0.2) is 23.8 Å². The van der Waals surface area contributed by atoms with E-state index in [-0.39, 0.29) is 0 Å². The Labute approximate surface area is 82.0 Å². The van der Waals surface area contributed by atoms with Crippen molar-refractivity contribution in [3.63, 3.8) is 0 Å². The molecule has 0 spiro atoms. The molecule has 0 fully saturated rings. The Bertz CT molecular complexity index is 360. The number of fused-ring (bicyclic) bond motifs is 1. The van der Waals surface area contributed by atoms with E-state index in [1.165, 1.54) is 0 Å². The summed E-state index contributed by atoms with van der Waals surface area (Å²) < 4.78 is 5.48. The molecular weight excluding hydrogens is 186 g/mol. The average Bonchev–Trinajstić information content (AvgIpc) is 2.18. The Morgan fingerprint density at radius 2 is 2.31 bits per heavy atom. The van der Waals surface area contributed by atoms with E-state index in [0.29, 0.717) is 18.2 Å². The van der Waals surface area contributed by atoms with E-state index in [9.17, 15) is 0 Å². The highest BCUT2D eigenvalue weighted by atomic mass is 35.5. The fourth-order valence-electron chi connectivity index (χ4n) is 1.34. The Hall–Kier alpha value is -0.990. The van der Waals surface area contributed by atoms with Gasteiger partial charge in [0.2, 0.25) is 0 Å². The normalized spacial score (nSPS) is 14.5. The van der Waals surface area contributed by atoms with Crippen LogP contribution in [0.5, 0.6) is 5.75 Å². The molecule has 0 unspecified atom stereocenters. The molecule has 1 heterocycles. The molecule has 0 saturated carbocycles. The molecule has 1 aromatic carbocycles. The van der Waals surface area contributed by atoms with Crippen molar-refractivity contribution in [3.8, 4) is 5.75 Å². The molecule has 68 valence electrons. The monoisotopic (exact) mass is 195 g/mol. The van der Waals surface area contributed by atoms with E-state index in [1.54, 1.807) is 0 Å². The first-order valence-electron chi connectivity index (χ1n) is 4.12. The second-order valence-electron chi connectivity index (χ2n) is 2.95. The number of para-hydroxylation sites is 1. The smallest absolute Gasteiger partial charge is 0.145 e. The number of ether oxygens (including phenoxy) is 1. The van der Waals surface area contributed by atoms with Crippen LogP contribution < -0.4 is 10.5 Å². The first-order valence-corrected chi connectivity index (χ1v) is 4.50. The number of nitrogens with two attached hydrogens (primary N) is 1. The zero-order valence-electron chi connectivity index (χ0n) is 7.09.